The van der Waals surface area contributed by atoms with E-state index in [2.05, 4.69) is 19.9 Å². The van der Waals surface area contributed by atoms with Crippen LogP contribution in [0.3, 0.4) is 0 Å². The molecule has 0 aromatic rings. The van der Waals surface area contributed by atoms with Gasteiger partial charge in [0.25, 0.3) is 0 Å². The highest BCUT2D eigenvalue weighted by atomic mass is 16.1. The Kier molecular flexibility index (Phi) is 3.32. The number of hydrogen-bond acceptors (Lipinski definition) is 1. The summed E-state index contributed by atoms with van der Waals surface area (Å²) in [7, 11) is 0. The number of hydrogen-bond donors (Lipinski definition) is 0. The topological polar surface area (TPSA) is 17.1 Å². The van der Waals surface area contributed by atoms with Gasteiger partial charge in [0.05, 0.1) is 0 Å². The molecular weight excluding hydrogens is 256 g/mol. The van der Waals surface area contributed by atoms with Crippen LogP contribution in [0.2, 0.25) is 0 Å². The molecule has 0 bridgehead atoms. The first kappa shape index (κ1) is 14.0. The number of allylic oxidation sites excluding steroid dienone is 2. The molecule has 0 saturated heterocycles. The molecule has 1 heteroatoms. The first-order chi connectivity index (χ1) is 10.1. The highest BCUT2D eigenvalue weighted by Crippen LogP contribution is 2.63. The fourth-order valence-electron chi connectivity index (χ4n) is 6.98. The van der Waals surface area contributed by atoms with Gasteiger partial charge in [-0.3, -0.25) is 4.79 Å². The molecule has 0 spiro atoms. The van der Waals surface area contributed by atoms with Gasteiger partial charge in [-0.25, -0.2) is 0 Å². The highest BCUT2D eigenvalue weighted by molar-refractivity contribution is 5.79. The van der Waals surface area contributed by atoms with E-state index in [1.807, 2.05) is 0 Å². The third kappa shape index (κ3) is 1.99. The smallest absolute Gasteiger partial charge is 0.133 e. The molecule has 6 atom stereocenters. The van der Waals surface area contributed by atoms with E-state index in [-0.39, 0.29) is 0 Å². The van der Waals surface area contributed by atoms with Crippen molar-refractivity contribution in [3.63, 3.8) is 0 Å². The average molecular weight is 286 g/mol. The minimum Gasteiger partial charge on any atom is -0.300 e. The van der Waals surface area contributed by atoms with E-state index >= 15 is 0 Å². The molecule has 0 N–H and O–H groups in total. The molecular formula is C20H30O. The lowest BCUT2D eigenvalue weighted by atomic mass is 9.50. The second-order valence-corrected chi connectivity index (χ2v) is 8.53. The van der Waals surface area contributed by atoms with Crippen molar-refractivity contribution >= 4 is 5.78 Å². The Balaban J connectivity index is 1.59. The van der Waals surface area contributed by atoms with E-state index in [0.29, 0.717) is 11.2 Å². The van der Waals surface area contributed by atoms with Gasteiger partial charge < -0.3 is 0 Å². The molecule has 116 valence electrons. The standard InChI is InChI=1S/C20H30O/c1-3-14-5-9-19-18-7-4-13-12-15(21)6-8-16(13)17(18)10-11-20(14,19)2/h3,13,16-19H,4-12H2,1-2H3/t13-,16+,17-,18-,19+,20-/m1/s1. The number of rotatable bonds is 0. The zero-order chi connectivity index (χ0) is 14.6. The van der Waals surface area contributed by atoms with Crippen LogP contribution < -0.4 is 0 Å². The van der Waals surface area contributed by atoms with Crippen LogP contribution >= 0.6 is 0 Å². The largest absolute Gasteiger partial charge is 0.300 e. The minimum atomic E-state index is 0.521. The van der Waals surface area contributed by atoms with Crippen molar-refractivity contribution in [3.05, 3.63) is 11.6 Å². The number of fused-ring (bicyclic) bond motifs is 5. The Labute approximate surface area is 129 Å². The normalized spacial score (nSPS) is 51.4. The van der Waals surface area contributed by atoms with Crippen LogP contribution in [0.4, 0.5) is 0 Å². The molecule has 4 rings (SSSR count). The van der Waals surface area contributed by atoms with Crippen LogP contribution in [0.5, 0.6) is 0 Å². The fourth-order valence-corrected chi connectivity index (χ4v) is 6.98. The third-order valence-electron chi connectivity index (χ3n) is 7.96. The van der Waals surface area contributed by atoms with Crippen LogP contribution in [0.25, 0.3) is 0 Å². The molecule has 0 aliphatic heterocycles. The first-order valence-corrected chi connectivity index (χ1v) is 9.31. The Morgan fingerprint density at radius 2 is 1.86 bits per heavy atom. The number of Topliss-reactive ketones (excluding diaryl/α,β-unsaturated/α-hetero) is 1. The van der Waals surface area contributed by atoms with Gasteiger partial charge >= 0.3 is 0 Å². The monoisotopic (exact) mass is 286 g/mol. The second-order valence-electron chi connectivity index (χ2n) is 8.53. The summed E-state index contributed by atoms with van der Waals surface area (Å²) in [6.45, 7) is 4.81. The van der Waals surface area contributed by atoms with E-state index in [0.717, 1.165) is 42.4 Å². The van der Waals surface area contributed by atoms with Gasteiger partial charge in [0, 0.05) is 12.8 Å². The van der Waals surface area contributed by atoms with Crippen LogP contribution in [0.1, 0.15) is 71.6 Å². The Morgan fingerprint density at radius 1 is 1.00 bits per heavy atom. The lowest BCUT2D eigenvalue weighted by molar-refractivity contribution is -0.126. The zero-order valence-electron chi connectivity index (χ0n) is 13.7. The zero-order valence-corrected chi connectivity index (χ0v) is 13.7. The summed E-state index contributed by atoms with van der Waals surface area (Å²) in [5, 5.41) is 0. The SMILES string of the molecule is CC=C1CC[C@H]2[C@@H]3CC[C@@H]4CC(=O)CC[C@@H]4[C@H]3CC[C@]12C. The molecule has 0 radical (unpaired) electrons. The van der Waals surface area contributed by atoms with E-state index in [9.17, 15) is 4.79 Å². The summed E-state index contributed by atoms with van der Waals surface area (Å²) in [5.74, 6) is 5.05. The van der Waals surface area contributed by atoms with E-state index < -0.39 is 0 Å². The molecule has 4 fully saturated rings. The van der Waals surface area contributed by atoms with Crippen molar-refractivity contribution in [1.82, 2.24) is 0 Å². The summed E-state index contributed by atoms with van der Waals surface area (Å²) in [5.41, 5.74) is 2.28. The minimum absolute atomic E-state index is 0.521. The van der Waals surface area contributed by atoms with Crippen molar-refractivity contribution in [2.24, 2.45) is 35.0 Å². The van der Waals surface area contributed by atoms with Gasteiger partial charge in [-0.2, -0.15) is 0 Å². The van der Waals surface area contributed by atoms with E-state index in [1.165, 1.54) is 44.9 Å². The van der Waals surface area contributed by atoms with Crippen molar-refractivity contribution in [1.29, 1.82) is 0 Å². The van der Waals surface area contributed by atoms with Crippen molar-refractivity contribution in [2.75, 3.05) is 0 Å². The van der Waals surface area contributed by atoms with Crippen LogP contribution in [0.15, 0.2) is 11.6 Å². The summed E-state index contributed by atoms with van der Waals surface area (Å²) in [6.07, 6.45) is 13.8. The Hall–Kier alpha value is -0.590. The summed E-state index contributed by atoms with van der Waals surface area (Å²) >= 11 is 0. The van der Waals surface area contributed by atoms with Crippen LogP contribution in [0, 0.1) is 35.0 Å². The van der Waals surface area contributed by atoms with Crippen LogP contribution in [-0.2, 0) is 4.79 Å². The second kappa shape index (κ2) is 4.96. The number of ketones is 1. The molecule has 4 aliphatic rings. The van der Waals surface area contributed by atoms with Crippen molar-refractivity contribution in [3.8, 4) is 0 Å². The summed E-state index contributed by atoms with van der Waals surface area (Å²) < 4.78 is 0. The fraction of sp³-hybridized carbons (Fsp3) is 0.850. The maximum atomic E-state index is 11.8. The average Bonchev–Trinajstić information content (AvgIpc) is 2.83. The van der Waals surface area contributed by atoms with E-state index in [4.69, 9.17) is 0 Å². The van der Waals surface area contributed by atoms with Crippen LogP contribution in [-0.4, -0.2) is 5.78 Å². The van der Waals surface area contributed by atoms with Gasteiger partial charge in [-0.05, 0) is 86.9 Å². The summed E-state index contributed by atoms with van der Waals surface area (Å²) in [4.78, 5) is 11.8. The first-order valence-electron chi connectivity index (χ1n) is 9.31. The van der Waals surface area contributed by atoms with Gasteiger partial charge in [-0.15, -0.1) is 0 Å². The molecule has 0 heterocycles. The van der Waals surface area contributed by atoms with Gasteiger partial charge in [0.1, 0.15) is 5.78 Å². The summed E-state index contributed by atoms with van der Waals surface area (Å²) in [6, 6.07) is 0. The predicted octanol–water partition coefficient (Wildman–Crippen LogP) is 5.15. The molecule has 1 nitrogen and oxygen atoms in total. The quantitative estimate of drug-likeness (QED) is 0.562. The molecule has 0 unspecified atom stereocenters. The van der Waals surface area contributed by atoms with Gasteiger partial charge in [-0.1, -0.05) is 18.6 Å². The van der Waals surface area contributed by atoms with Crippen molar-refractivity contribution < 1.29 is 4.79 Å². The molecule has 0 aromatic heterocycles. The van der Waals surface area contributed by atoms with Gasteiger partial charge in [0.2, 0.25) is 0 Å². The third-order valence-corrected chi connectivity index (χ3v) is 7.96. The molecule has 0 aromatic carbocycles. The Morgan fingerprint density at radius 3 is 2.67 bits per heavy atom. The number of carbonyl (C=O) groups excluding carboxylic acids is 1. The Bertz CT molecular complexity index is 476. The van der Waals surface area contributed by atoms with Gasteiger partial charge in [0.15, 0.2) is 0 Å². The number of carbonyl (C=O) groups is 1. The maximum Gasteiger partial charge on any atom is 0.133 e. The lowest BCUT2D eigenvalue weighted by Crippen LogP contribution is -2.47. The molecule has 4 aliphatic carbocycles. The predicted molar refractivity (Wildman–Crippen MR) is 85.9 cm³/mol. The highest BCUT2D eigenvalue weighted by Gasteiger charge is 2.54. The maximum absolute atomic E-state index is 11.8. The molecule has 4 saturated carbocycles. The van der Waals surface area contributed by atoms with Crippen molar-refractivity contribution in [2.45, 2.75) is 71.6 Å². The molecule has 0 amide bonds. The molecule has 21 heavy (non-hydrogen) atoms. The van der Waals surface area contributed by atoms with E-state index in [1.54, 1.807) is 5.57 Å². The lowest BCUT2D eigenvalue weighted by Gasteiger charge is -2.54.